The van der Waals surface area contributed by atoms with Gasteiger partial charge >= 0.3 is 5.97 Å². The summed E-state index contributed by atoms with van der Waals surface area (Å²) in [4.78, 5) is 17.0. The minimum absolute atomic E-state index is 0.0422. The van der Waals surface area contributed by atoms with E-state index in [1.165, 1.54) is 12.1 Å². The number of cyclic esters (lactones) is 1. The largest absolute Gasteiger partial charge is 0.461 e. The summed E-state index contributed by atoms with van der Waals surface area (Å²) >= 11 is 0. The van der Waals surface area contributed by atoms with Gasteiger partial charge in [0, 0.05) is 38.7 Å². The van der Waals surface area contributed by atoms with Crippen molar-refractivity contribution in [3.8, 4) is 0 Å². The Morgan fingerprint density at radius 2 is 1.67 bits per heavy atom. The van der Waals surface area contributed by atoms with Crippen LogP contribution in [0.2, 0.25) is 0 Å². The molecule has 5 nitrogen and oxygen atoms in total. The zero-order valence-electron chi connectivity index (χ0n) is 15.5. The van der Waals surface area contributed by atoms with Gasteiger partial charge in [-0.15, -0.1) is 0 Å². The molecule has 148 valence electrons. The molecule has 1 spiro atoms. The Morgan fingerprint density at radius 3 is 2.33 bits per heavy atom. The smallest absolute Gasteiger partial charge is 0.312 e. The standard InChI is InChI=1S/C20H26F2N2O3/c21-16-9-15(10-17(22)11-16)13-23-3-1-20(2-4-23)12-18(27-19(20)25)14-24-5-7-26-8-6-24/h9-11,18H,1-8,12-14H2. The van der Waals surface area contributed by atoms with Crippen LogP contribution in [0, 0.1) is 17.0 Å². The zero-order chi connectivity index (χ0) is 18.9. The highest BCUT2D eigenvalue weighted by Crippen LogP contribution is 2.43. The van der Waals surface area contributed by atoms with Crippen molar-refractivity contribution in [1.82, 2.24) is 9.80 Å². The van der Waals surface area contributed by atoms with Crippen LogP contribution in [-0.2, 0) is 20.8 Å². The third-order valence-electron chi connectivity index (χ3n) is 6.03. The number of hydrogen-bond acceptors (Lipinski definition) is 5. The molecule has 3 heterocycles. The summed E-state index contributed by atoms with van der Waals surface area (Å²) in [5.41, 5.74) is 0.239. The van der Waals surface area contributed by atoms with E-state index in [0.29, 0.717) is 12.1 Å². The Labute approximate surface area is 158 Å². The Bertz CT molecular complexity index is 666. The summed E-state index contributed by atoms with van der Waals surface area (Å²) in [6, 6.07) is 3.63. The summed E-state index contributed by atoms with van der Waals surface area (Å²) in [6.07, 6.45) is 2.21. The number of ether oxygens (including phenoxy) is 2. The minimum atomic E-state index is -0.552. The number of hydrogen-bond donors (Lipinski definition) is 0. The van der Waals surface area contributed by atoms with Crippen LogP contribution in [0.4, 0.5) is 8.78 Å². The van der Waals surface area contributed by atoms with Gasteiger partial charge in [-0.1, -0.05) is 0 Å². The maximum atomic E-state index is 13.4. The van der Waals surface area contributed by atoms with Gasteiger partial charge in [-0.05, 0) is 43.6 Å². The molecular weight excluding hydrogens is 354 g/mol. The fraction of sp³-hybridized carbons (Fsp3) is 0.650. The summed E-state index contributed by atoms with van der Waals surface area (Å²) < 4.78 is 37.8. The number of piperidine rings is 1. The Morgan fingerprint density at radius 1 is 1.00 bits per heavy atom. The molecule has 1 aromatic rings. The Hall–Kier alpha value is -1.57. The number of morpholine rings is 1. The van der Waals surface area contributed by atoms with E-state index in [1.54, 1.807) is 0 Å². The van der Waals surface area contributed by atoms with Crippen molar-refractivity contribution in [3.05, 3.63) is 35.4 Å². The van der Waals surface area contributed by atoms with Crippen LogP contribution >= 0.6 is 0 Å². The number of esters is 1. The van der Waals surface area contributed by atoms with Gasteiger partial charge in [0.25, 0.3) is 0 Å². The van der Waals surface area contributed by atoms with Gasteiger partial charge < -0.3 is 9.47 Å². The highest BCUT2D eigenvalue weighted by atomic mass is 19.1. The molecule has 1 unspecified atom stereocenters. The van der Waals surface area contributed by atoms with Gasteiger partial charge in [-0.2, -0.15) is 0 Å². The van der Waals surface area contributed by atoms with Gasteiger partial charge in [0.1, 0.15) is 17.7 Å². The molecular formula is C20H26F2N2O3. The first-order valence-electron chi connectivity index (χ1n) is 9.71. The predicted molar refractivity (Wildman–Crippen MR) is 95.1 cm³/mol. The van der Waals surface area contributed by atoms with Crippen molar-refractivity contribution in [2.75, 3.05) is 45.9 Å². The number of likely N-dealkylation sites (tertiary alicyclic amines) is 1. The van der Waals surface area contributed by atoms with Crippen molar-refractivity contribution in [3.63, 3.8) is 0 Å². The Balaban J connectivity index is 1.31. The molecule has 0 saturated carbocycles. The van der Waals surface area contributed by atoms with Crippen LogP contribution in [0.15, 0.2) is 18.2 Å². The average molecular weight is 380 g/mol. The fourth-order valence-corrected chi connectivity index (χ4v) is 4.52. The van der Waals surface area contributed by atoms with Crippen LogP contribution in [0.25, 0.3) is 0 Å². The molecule has 3 aliphatic heterocycles. The van der Waals surface area contributed by atoms with Gasteiger partial charge in [0.2, 0.25) is 0 Å². The van der Waals surface area contributed by atoms with E-state index in [0.717, 1.165) is 71.3 Å². The first-order valence-corrected chi connectivity index (χ1v) is 9.71. The molecule has 0 amide bonds. The maximum absolute atomic E-state index is 13.4. The first-order chi connectivity index (χ1) is 13.0. The quantitative estimate of drug-likeness (QED) is 0.749. The lowest BCUT2D eigenvalue weighted by Gasteiger charge is -2.36. The Kier molecular flexibility index (Phi) is 5.43. The SMILES string of the molecule is O=C1OC(CN2CCOCC2)CC12CCN(Cc1cc(F)cc(F)c1)CC2. The maximum Gasteiger partial charge on any atom is 0.312 e. The normalized spacial score (nSPS) is 26.4. The van der Waals surface area contributed by atoms with Gasteiger partial charge in [0.05, 0.1) is 18.6 Å². The molecule has 0 N–H and O–H groups in total. The minimum Gasteiger partial charge on any atom is -0.461 e. The van der Waals surface area contributed by atoms with Crippen molar-refractivity contribution in [1.29, 1.82) is 0 Å². The van der Waals surface area contributed by atoms with Gasteiger partial charge in [-0.3, -0.25) is 14.6 Å². The number of nitrogens with zero attached hydrogens (tertiary/aromatic N) is 2. The highest BCUT2D eigenvalue weighted by Gasteiger charge is 2.50. The molecule has 1 aromatic carbocycles. The second kappa shape index (κ2) is 7.81. The lowest BCUT2D eigenvalue weighted by atomic mass is 9.76. The van der Waals surface area contributed by atoms with Crippen molar-refractivity contribution in [2.24, 2.45) is 5.41 Å². The number of halogens is 2. The lowest BCUT2D eigenvalue weighted by Crippen LogP contribution is -2.43. The summed E-state index contributed by atoms with van der Waals surface area (Å²) in [5, 5.41) is 0. The topological polar surface area (TPSA) is 42.0 Å². The second-order valence-electron chi connectivity index (χ2n) is 7.98. The average Bonchev–Trinajstić information content (AvgIpc) is 2.92. The second-order valence-corrected chi connectivity index (χ2v) is 7.98. The van der Waals surface area contributed by atoms with E-state index in [9.17, 15) is 13.6 Å². The van der Waals surface area contributed by atoms with Crippen LogP contribution in [0.5, 0.6) is 0 Å². The molecule has 7 heteroatoms. The first kappa shape index (κ1) is 18.8. The third kappa shape index (κ3) is 4.31. The summed E-state index contributed by atoms with van der Waals surface area (Å²) in [5.74, 6) is -1.18. The number of carbonyl (C=O) groups excluding carboxylic acids is 1. The third-order valence-corrected chi connectivity index (χ3v) is 6.03. The molecule has 3 fully saturated rings. The number of rotatable bonds is 4. The van der Waals surface area contributed by atoms with Crippen molar-refractivity contribution >= 4 is 5.97 Å². The van der Waals surface area contributed by atoms with E-state index in [2.05, 4.69) is 9.80 Å². The molecule has 3 aliphatic rings. The summed E-state index contributed by atoms with van der Waals surface area (Å²) in [7, 11) is 0. The molecule has 0 aliphatic carbocycles. The van der Waals surface area contributed by atoms with Crippen LogP contribution in [0.3, 0.4) is 0 Å². The van der Waals surface area contributed by atoms with Crippen molar-refractivity contribution < 1.29 is 23.0 Å². The van der Waals surface area contributed by atoms with E-state index >= 15 is 0 Å². The van der Waals surface area contributed by atoms with Gasteiger partial charge in [-0.25, -0.2) is 8.78 Å². The zero-order valence-corrected chi connectivity index (χ0v) is 15.5. The highest BCUT2D eigenvalue weighted by molar-refractivity contribution is 5.79. The predicted octanol–water partition coefficient (Wildman–Crippen LogP) is 2.19. The monoisotopic (exact) mass is 380 g/mol. The van der Waals surface area contributed by atoms with Crippen LogP contribution < -0.4 is 0 Å². The van der Waals surface area contributed by atoms with E-state index in [1.807, 2.05) is 0 Å². The number of carbonyl (C=O) groups is 1. The van der Waals surface area contributed by atoms with E-state index < -0.39 is 11.6 Å². The van der Waals surface area contributed by atoms with Gasteiger partial charge in [0.15, 0.2) is 0 Å². The molecule has 0 aromatic heterocycles. The number of benzene rings is 1. The molecule has 1 atom stereocenters. The molecule has 0 bridgehead atoms. The summed E-state index contributed by atoms with van der Waals surface area (Å²) in [6.45, 7) is 6.00. The van der Waals surface area contributed by atoms with Crippen LogP contribution in [0.1, 0.15) is 24.8 Å². The fourth-order valence-electron chi connectivity index (χ4n) is 4.52. The van der Waals surface area contributed by atoms with Crippen LogP contribution in [-0.4, -0.2) is 67.8 Å². The molecule has 0 radical (unpaired) electrons. The van der Waals surface area contributed by atoms with E-state index in [4.69, 9.17) is 9.47 Å². The molecule has 4 rings (SSSR count). The molecule has 3 saturated heterocycles. The molecule has 27 heavy (non-hydrogen) atoms. The lowest BCUT2D eigenvalue weighted by molar-refractivity contribution is -0.151. The van der Waals surface area contributed by atoms with E-state index in [-0.39, 0.29) is 17.5 Å². The van der Waals surface area contributed by atoms with Crippen molar-refractivity contribution in [2.45, 2.75) is 31.9 Å².